The number of hydrogen-bond donors (Lipinski definition) is 2. The minimum atomic E-state index is -3.00. The van der Waals surface area contributed by atoms with Crippen molar-refractivity contribution in [1.82, 2.24) is 19.9 Å². The molecule has 0 saturated carbocycles. The van der Waals surface area contributed by atoms with E-state index in [-0.39, 0.29) is 17.0 Å². The van der Waals surface area contributed by atoms with Gasteiger partial charge in [0, 0.05) is 12.6 Å². The predicted molar refractivity (Wildman–Crippen MR) is 96.1 cm³/mol. The average molecular weight is 404 g/mol. The molecule has 8 nitrogen and oxygen atoms in total. The zero-order valence-electron chi connectivity index (χ0n) is 14.8. The van der Waals surface area contributed by atoms with Gasteiger partial charge >= 0.3 is 6.03 Å². The summed E-state index contributed by atoms with van der Waals surface area (Å²) >= 11 is 0. The molecule has 1 atom stereocenters. The third-order valence-corrected chi connectivity index (χ3v) is 4.63. The standard InChI is InChI=1S/C18H15F3N6O2/c19-11-3-1-2-10(6-11)13-7-18(20,21)9-26(13)14-4-5-27-15(24-14)12(8-23-27)16(28)25-17(22)29/h1-6,8,13H,7,9H2,(H3,22,25,28,29). The fraction of sp³-hybridized carbons (Fsp3) is 0.222. The number of imide groups is 1. The van der Waals surface area contributed by atoms with Gasteiger partial charge in [0.2, 0.25) is 0 Å². The van der Waals surface area contributed by atoms with Gasteiger partial charge in [-0.3, -0.25) is 10.1 Å². The topological polar surface area (TPSA) is 106 Å². The summed E-state index contributed by atoms with van der Waals surface area (Å²) < 4.78 is 43.4. The third kappa shape index (κ3) is 3.58. The van der Waals surface area contributed by atoms with Gasteiger partial charge in [-0.25, -0.2) is 27.5 Å². The van der Waals surface area contributed by atoms with Crippen molar-refractivity contribution < 1.29 is 22.8 Å². The number of alkyl halides is 2. The van der Waals surface area contributed by atoms with Gasteiger partial charge in [0.1, 0.15) is 17.2 Å². The highest BCUT2D eigenvalue weighted by atomic mass is 19.3. The van der Waals surface area contributed by atoms with Crippen molar-refractivity contribution in [2.75, 3.05) is 11.4 Å². The van der Waals surface area contributed by atoms with Gasteiger partial charge in [-0.2, -0.15) is 5.10 Å². The molecular formula is C18H15F3N6O2. The van der Waals surface area contributed by atoms with Crippen molar-refractivity contribution in [2.45, 2.75) is 18.4 Å². The van der Waals surface area contributed by atoms with Crippen LogP contribution in [-0.2, 0) is 0 Å². The summed E-state index contributed by atoms with van der Waals surface area (Å²) in [4.78, 5) is 28.7. The number of urea groups is 1. The van der Waals surface area contributed by atoms with Gasteiger partial charge in [-0.05, 0) is 23.8 Å². The van der Waals surface area contributed by atoms with Crippen LogP contribution < -0.4 is 16.0 Å². The second-order valence-electron chi connectivity index (χ2n) is 6.69. The monoisotopic (exact) mass is 404 g/mol. The van der Waals surface area contributed by atoms with Crippen molar-refractivity contribution in [2.24, 2.45) is 5.73 Å². The van der Waals surface area contributed by atoms with E-state index >= 15 is 0 Å². The number of carbonyl (C=O) groups excluding carboxylic acids is 2. The molecule has 150 valence electrons. The van der Waals surface area contributed by atoms with Crippen molar-refractivity contribution in [3.63, 3.8) is 0 Å². The fourth-order valence-electron chi connectivity index (χ4n) is 3.43. The van der Waals surface area contributed by atoms with Gasteiger partial charge < -0.3 is 10.6 Å². The first-order valence-electron chi connectivity index (χ1n) is 8.59. The lowest BCUT2D eigenvalue weighted by molar-refractivity contribution is 0.0222. The van der Waals surface area contributed by atoms with Crippen LogP contribution in [-0.4, -0.2) is 39.0 Å². The highest BCUT2D eigenvalue weighted by Gasteiger charge is 2.46. The largest absolute Gasteiger partial charge is 0.351 e. The number of rotatable bonds is 3. The maximum Gasteiger partial charge on any atom is 0.319 e. The van der Waals surface area contributed by atoms with Crippen LogP contribution in [0.15, 0.2) is 42.7 Å². The lowest BCUT2D eigenvalue weighted by Crippen LogP contribution is -2.35. The molecular weight excluding hydrogens is 389 g/mol. The summed E-state index contributed by atoms with van der Waals surface area (Å²) in [6, 6.07) is 5.11. The lowest BCUT2D eigenvalue weighted by Gasteiger charge is -2.25. The molecule has 3 aromatic rings. The molecule has 1 unspecified atom stereocenters. The van der Waals surface area contributed by atoms with Crippen LogP contribution in [0.2, 0.25) is 0 Å². The van der Waals surface area contributed by atoms with Crippen molar-refractivity contribution in [1.29, 1.82) is 0 Å². The van der Waals surface area contributed by atoms with Crippen molar-refractivity contribution in [3.05, 3.63) is 59.7 Å². The molecule has 0 bridgehead atoms. The molecule has 29 heavy (non-hydrogen) atoms. The number of nitrogens with zero attached hydrogens (tertiary/aromatic N) is 4. The molecule has 0 radical (unpaired) electrons. The number of amides is 3. The van der Waals surface area contributed by atoms with E-state index in [2.05, 4.69) is 10.1 Å². The van der Waals surface area contributed by atoms with Crippen molar-refractivity contribution >= 4 is 23.4 Å². The van der Waals surface area contributed by atoms with Crippen LogP contribution >= 0.6 is 0 Å². The van der Waals surface area contributed by atoms with Crippen LogP contribution in [0.3, 0.4) is 0 Å². The highest BCUT2D eigenvalue weighted by molar-refractivity contribution is 6.07. The van der Waals surface area contributed by atoms with Crippen molar-refractivity contribution in [3.8, 4) is 0 Å². The van der Waals surface area contributed by atoms with Crippen LogP contribution in [0.4, 0.5) is 23.8 Å². The van der Waals surface area contributed by atoms with E-state index in [4.69, 9.17) is 5.73 Å². The number of aromatic nitrogens is 3. The van der Waals surface area contributed by atoms with E-state index in [1.807, 2.05) is 5.32 Å². The zero-order valence-corrected chi connectivity index (χ0v) is 14.8. The summed E-state index contributed by atoms with van der Waals surface area (Å²) in [6.07, 6.45) is 2.14. The minimum Gasteiger partial charge on any atom is -0.351 e. The van der Waals surface area contributed by atoms with E-state index in [1.165, 1.54) is 46.1 Å². The number of benzene rings is 1. The molecule has 0 aliphatic carbocycles. The highest BCUT2D eigenvalue weighted by Crippen LogP contribution is 2.43. The van der Waals surface area contributed by atoms with E-state index in [0.717, 1.165) is 0 Å². The number of anilines is 1. The van der Waals surface area contributed by atoms with E-state index in [9.17, 15) is 22.8 Å². The fourth-order valence-corrected chi connectivity index (χ4v) is 3.43. The van der Waals surface area contributed by atoms with Crippen LogP contribution in [0.25, 0.3) is 5.65 Å². The molecule has 2 aromatic heterocycles. The smallest absolute Gasteiger partial charge is 0.319 e. The lowest BCUT2D eigenvalue weighted by atomic mass is 10.0. The van der Waals surface area contributed by atoms with Crippen LogP contribution in [0.5, 0.6) is 0 Å². The summed E-state index contributed by atoms with van der Waals surface area (Å²) in [5.74, 6) is -4.18. The number of carbonyl (C=O) groups is 2. The maximum atomic E-state index is 14.2. The number of nitrogens with one attached hydrogen (secondary N) is 1. The summed E-state index contributed by atoms with van der Waals surface area (Å²) in [5.41, 5.74) is 5.37. The quantitative estimate of drug-likeness (QED) is 0.697. The Kier molecular flexibility index (Phi) is 4.36. The molecule has 3 heterocycles. The number of fused-ring (bicyclic) bond motifs is 1. The third-order valence-electron chi connectivity index (χ3n) is 4.63. The van der Waals surface area contributed by atoms with Crippen LogP contribution in [0.1, 0.15) is 28.4 Å². The van der Waals surface area contributed by atoms with Gasteiger partial charge in [0.15, 0.2) is 5.65 Å². The Morgan fingerprint density at radius 1 is 1.28 bits per heavy atom. The minimum absolute atomic E-state index is 0.0427. The molecule has 3 amide bonds. The Labute approximate surface area is 162 Å². The molecule has 4 rings (SSSR count). The molecule has 1 aliphatic heterocycles. The first kappa shape index (κ1) is 18.7. The predicted octanol–water partition coefficient (Wildman–Crippen LogP) is 2.26. The first-order chi connectivity index (χ1) is 13.7. The molecule has 11 heteroatoms. The molecule has 1 aromatic carbocycles. The van der Waals surface area contributed by atoms with Gasteiger partial charge in [0.25, 0.3) is 11.8 Å². The summed E-state index contributed by atoms with van der Waals surface area (Å²) in [5, 5.41) is 5.87. The summed E-state index contributed by atoms with van der Waals surface area (Å²) in [6.45, 7) is -0.617. The second-order valence-corrected chi connectivity index (χ2v) is 6.69. The zero-order chi connectivity index (χ0) is 20.8. The van der Waals surface area contributed by atoms with E-state index in [1.54, 1.807) is 6.07 Å². The second kappa shape index (κ2) is 6.76. The molecule has 1 aliphatic rings. The Bertz CT molecular complexity index is 1120. The maximum absolute atomic E-state index is 14.2. The number of nitrogens with two attached hydrogens (primary N) is 1. The summed E-state index contributed by atoms with van der Waals surface area (Å²) in [7, 11) is 0. The number of halogens is 3. The molecule has 3 N–H and O–H groups in total. The Morgan fingerprint density at radius 3 is 2.79 bits per heavy atom. The average Bonchev–Trinajstić information content (AvgIpc) is 3.21. The Morgan fingerprint density at radius 2 is 2.07 bits per heavy atom. The number of hydrogen-bond acceptors (Lipinski definition) is 5. The van der Waals surface area contributed by atoms with Crippen LogP contribution in [0, 0.1) is 5.82 Å². The SMILES string of the molecule is NC(=O)NC(=O)c1cnn2ccc(N3CC(F)(F)CC3c3cccc(F)c3)nc12. The Balaban J connectivity index is 1.75. The molecule has 1 saturated heterocycles. The van der Waals surface area contributed by atoms with Gasteiger partial charge in [-0.15, -0.1) is 0 Å². The van der Waals surface area contributed by atoms with Gasteiger partial charge in [0.05, 0.1) is 18.8 Å². The molecule has 0 spiro atoms. The first-order valence-corrected chi connectivity index (χ1v) is 8.59. The van der Waals surface area contributed by atoms with E-state index < -0.39 is 42.7 Å². The molecule has 1 fully saturated rings. The normalized spacial score (nSPS) is 18.2. The van der Waals surface area contributed by atoms with Gasteiger partial charge in [-0.1, -0.05) is 12.1 Å². The number of primary amides is 1. The Hall–Kier alpha value is -3.63. The van der Waals surface area contributed by atoms with E-state index in [0.29, 0.717) is 5.56 Å².